The van der Waals surface area contributed by atoms with Gasteiger partial charge in [-0.05, 0) is 35.9 Å². The van der Waals surface area contributed by atoms with Gasteiger partial charge in [0.05, 0.1) is 17.9 Å². The Hall–Kier alpha value is -4.07. The van der Waals surface area contributed by atoms with Crippen molar-refractivity contribution >= 4 is 5.91 Å². The highest BCUT2D eigenvalue weighted by atomic mass is 19.1. The SMILES string of the molecule is O=C(c1cc(-c2ccc(F)cc2)n[nH]1)N1CCc2nn(Cc3ccccc3)c(=O)cc2C1. The summed E-state index contributed by atoms with van der Waals surface area (Å²) in [4.78, 5) is 27.2. The molecule has 5 rings (SSSR count). The standard InChI is InChI=1S/C24H20FN5O2/c25-19-8-6-17(7-9-19)21-13-22(27-26-21)24(32)29-11-10-20-18(15-29)12-23(31)30(28-20)14-16-4-2-1-3-5-16/h1-9,12-13H,10-11,14-15H2,(H,26,27). The van der Waals surface area contributed by atoms with E-state index in [1.807, 2.05) is 30.3 Å². The van der Waals surface area contributed by atoms with Gasteiger partial charge in [0.2, 0.25) is 0 Å². The van der Waals surface area contributed by atoms with E-state index in [1.54, 1.807) is 29.2 Å². The summed E-state index contributed by atoms with van der Waals surface area (Å²) in [7, 11) is 0. The first-order valence-electron chi connectivity index (χ1n) is 10.3. The van der Waals surface area contributed by atoms with Crippen molar-refractivity contribution < 1.29 is 9.18 Å². The maximum Gasteiger partial charge on any atom is 0.272 e. The van der Waals surface area contributed by atoms with Crippen molar-refractivity contribution in [2.45, 2.75) is 19.5 Å². The average molecular weight is 429 g/mol. The highest BCUT2D eigenvalue weighted by Gasteiger charge is 2.25. The molecule has 0 radical (unpaired) electrons. The van der Waals surface area contributed by atoms with Crippen LogP contribution >= 0.6 is 0 Å². The molecule has 0 aliphatic carbocycles. The number of amides is 1. The zero-order valence-electron chi connectivity index (χ0n) is 17.2. The van der Waals surface area contributed by atoms with Crippen molar-refractivity contribution in [1.82, 2.24) is 24.9 Å². The molecule has 8 heteroatoms. The van der Waals surface area contributed by atoms with Crippen LogP contribution in [0.5, 0.6) is 0 Å². The monoisotopic (exact) mass is 429 g/mol. The van der Waals surface area contributed by atoms with E-state index >= 15 is 0 Å². The number of H-pyrrole nitrogens is 1. The molecule has 0 unspecified atom stereocenters. The molecule has 4 aromatic rings. The minimum Gasteiger partial charge on any atom is -0.333 e. The second-order valence-electron chi connectivity index (χ2n) is 7.75. The van der Waals surface area contributed by atoms with Gasteiger partial charge in [0, 0.05) is 36.7 Å². The molecular formula is C24H20FN5O2. The number of hydrogen-bond donors (Lipinski definition) is 1. The summed E-state index contributed by atoms with van der Waals surface area (Å²) in [5.74, 6) is -0.533. The van der Waals surface area contributed by atoms with E-state index in [0.717, 1.165) is 16.8 Å². The van der Waals surface area contributed by atoms with E-state index in [1.165, 1.54) is 16.8 Å². The molecule has 0 fully saturated rings. The fourth-order valence-electron chi connectivity index (χ4n) is 3.85. The molecule has 7 nitrogen and oxygen atoms in total. The molecule has 2 aromatic heterocycles. The van der Waals surface area contributed by atoms with Crippen LogP contribution in [0.3, 0.4) is 0 Å². The number of halogens is 1. The summed E-state index contributed by atoms with van der Waals surface area (Å²) in [5.41, 5.74) is 4.04. The van der Waals surface area contributed by atoms with Gasteiger partial charge in [0.1, 0.15) is 11.5 Å². The Bertz CT molecular complexity index is 1330. The topological polar surface area (TPSA) is 83.9 Å². The number of rotatable bonds is 4. The highest BCUT2D eigenvalue weighted by Crippen LogP contribution is 2.21. The molecule has 1 amide bonds. The molecule has 0 atom stereocenters. The summed E-state index contributed by atoms with van der Waals surface area (Å²) in [6.45, 7) is 1.22. The number of carbonyl (C=O) groups is 1. The van der Waals surface area contributed by atoms with Crippen LogP contribution in [0.4, 0.5) is 4.39 Å². The smallest absolute Gasteiger partial charge is 0.272 e. The summed E-state index contributed by atoms with van der Waals surface area (Å²) in [5, 5.41) is 11.5. The third kappa shape index (κ3) is 3.94. The number of nitrogens with zero attached hydrogens (tertiary/aromatic N) is 4. The third-order valence-electron chi connectivity index (χ3n) is 5.55. The summed E-state index contributed by atoms with van der Waals surface area (Å²) >= 11 is 0. The summed E-state index contributed by atoms with van der Waals surface area (Å²) in [6.07, 6.45) is 0.565. The van der Waals surface area contributed by atoms with Crippen molar-refractivity contribution in [1.29, 1.82) is 0 Å². The van der Waals surface area contributed by atoms with E-state index in [-0.39, 0.29) is 17.3 Å². The second kappa shape index (κ2) is 8.22. The number of aromatic amines is 1. The molecule has 3 heterocycles. The lowest BCUT2D eigenvalue weighted by Crippen LogP contribution is -2.38. The first-order valence-corrected chi connectivity index (χ1v) is 10.3. The fourth-order valence-corrected chi connectivity index (χ4v) is 3.85. The van der Waals surface area contributed by atoms with Crippen molar-refractivity contribution in [2.24, 2.45) is 0 Å². The molecule has 32 heavy (non-hydrogen) atoms. The van der Waals surface area contributed by atoms with E-state index in [2.05, 4.69) is 15.3 Å². The number of carbonyl (C=O) groups excluding carboxylic acids is 1. The van der Waals surface area contributed by atoms with Crippen molar-refractivity contribution in [3.8, 4) is 11.3 Å². The van der Waals surface area contributed by atoms with Crippen LogP contribution in [-0.2, 0) is 19.5 Å². The minimum absolute atomic E-state index is 0.193. The molecular weight excluding hydrogens is 409 g/mol. The van der Waals surface area contributed by atoms with E-state index in [4.69, 9.17) is 0 Å². The molecule has 0 bridgehead atoms. The minimum atomic E-state index is -0.330. The highest BCUT2D eigenvalue weighted by molar-refractivity contribution is 5.93. The van der Waals surface area contributed by atoms with Gasteiger partial charge in [-0.15, -0.1) is 0 Å². The Morgan fingerprint density at radius 3 is 2.62 bits per heavy atom. The van der Waals surface area contributed by atoms with Gasteiger partial charge in [0.15, 0.2) is 0 Å². The van der Waals surface area contributed by atoms with Crippen molar-refractivity contribution in [3.63, 3.8) is 0 Å². The zero-order chi connectivity index (χ0) is 22.1. The lowest BCUT2D eigenvalue weighted by Gasteiger charge is -2.28. The summed E-state index contributed by atoms with van der Waals surface area (Å²) < 4.78 is 14.6. The number of hydrogen-bond acceptors (Lipinski definition) is 4. The van der Waals surface area contributed by atoms with Gasteiger partial charge in [0.25, 0.3) is 11.5 Å². The second-order valence-corrected chi connectivity index (χ2v) is 7.75. The predicted octanol–water partition coefficient (Wildman–Crippen LogP) is 3.02. The fraction of sp³-hybridized carbons (Fsp3) is 0.167. The van der Waals surface area contributed by atoms with Gasteiger partial charge < -0.3 is 4.90 Å². The van der Waals surface area contributed by atoms with E-state index in [0.29, 0.717) is 43.0 Å². The molecule has 0 spiro atoms. The van der Waals surface area contributed by atoms with Crippen molar-refractivity contribution in [3.05, 3.63) is 105 Å². The van der Waals surface area contributed by atoms with Crippen LogP contribution in [-0.4, -0.2) is 37.3 Å². The van der Waals surface area contributed by atoms with Gasteiger partial charge >= 0.3 is 0 Å². The quantitative estimate of drug-likeness (QED) is 0.541. The Kier molecular flexibility index (Phi) is 5.10. The van der Waals surface area contributed by atoms with Gasteiger partial charge in [-0.1, -0.05) is 30.3 Å². The number of aromatic nitrogens is 4. The van der Waals surface area contributed by atoms with Gasteiger partial charge in [-0.3, -0.25) is 14.7 Å². The van der Waals surface area contributed by atoms with Crippen LogP contribution in [0, 0.1) is 5.82 Å². The van der Waals surface area contributed by atoms with E-state index < -0.39 is 0 Å². The van der Waals surface area contributed by atoms with E-state index in [9.17, 15) is 14.0 Å². The Morgan fingerprint density at radius 1 is 1.06 bits per heavy atom. The van der Waals surface area contributed by atoms with Crippen LogP contribution < -0.4 is 5.56 Å². The van der Waals surface area contributed by atoms with Crippen LogP contribution in [0.15, 0.2) is 71.5 Å². The molecule has 1 aliphatic heterocycles. The Labute approximate surface area is 183 Å². The summed E-state index contributed by atoms with van der Waals surface area (Å²) in [6, 6.07) is 18.9. The van der Waals surface area contributed by atoms with Crippen LogP contribution in [0.2, 0.25) is 0 Å². The third-order valence-corrected chi connectivity index (χ3v) is 5.55. The molecule has 0 saturated carbocycles. The lowest BCUT2D eigenvalue weighted by atomic mass is 10.1. The molecule has 160 valence electrons. The number of fused-ring (bicyclic) bond motifs is 1. The van der Waals surface area contributed by atoms with Gasteiger partial charge in [-0.25, -0.2) is 9.07 Å². The molecule has 1 aliphatic rings. The van der Waals surface area contributed by atoms with Crippen molar-refractivity contribution in [2.75, 3.05) is 6.54 Å². The first-order chi connectivity index (χ1) is 15.6. The first kappa shape index (κ1) is 19.9. The normalized spacial score (nSPS) is 13.1. The largest absolute Gasteiger partial charge is 0.333 e. The number of nitrogens with one attached hydrogen (secondary N) is 1. The Balaban J connectivity index is 1.33. The molecule has 2 aromatic carbocycles. The lowest BCUT2D eigenvalue weighted by molar-refractivity contribution is 0.0726. The zero-order valence-corrected chi connectivity index (χ0v) is 17.2. The maximum atomic E-state index is 13.1. The molecule has 1 N–H and O–H groups in total. The average Bonchev–Trinajstić information content (AvgIpc) is 3.30. The van der Waals surface area contributed by atoms with Crippen LogP contribution in [0.1, 0.15) is 27.3 Å². The molecule has 0 saturated heterocycles. The Morgan fingerprint density at radius 2 is 1.84 bits per heavy atom. The predicted molar refractivity (Wildman–Crippen MR) is 116 cm³/mol. The van der Waals surface area contributed by atoms with Gasteiger partial charge in [-0.2, -0.15) is 10.2 Å². The number of benzene rings is 2. The maximum absolute atomic E-state index is 13.1. The van der Waals surface area contributed by atoms with Crippen LogP contribution in [0.25, 0.3) is 11.3 Å².